The Morgan fingerprint density at radius 2 is 2.16 bits per heavy atom. The number of carbonyl (C=O) groups excluding carboxylic acids is 1. The predicted molar refractivity (Wildman–Crippen MR) is 97.6 cm³/mol. The quantitative estimate of drug-likeness (QED) is 0.817. The zero-order chi connectivity index (χ0) is 16.9. The minimum Gasteiger partial charge on any atom is -0.392 e. The minimum atomic E-state index is -0.419. The van der Waals surface area contributed by atoms with Gasteiger partial charge in [-0.1, -0.05) is 35.5 Å². The number of carbonyl (C=O) groups is 1. The SMILES string of the molecule is CN(CCCc1cc(-c2ccccc2)no1)C(=O)C1CC(O)CN1.Cl. The van der Waals surface area contributed by atoms with Crippen LogP contribution in [0.5, 0.6) is 0 Å². The highest BCUT2D eigenvalue weighted by molar-refractivity contribution is 5.85. The molecule has 2 aromatic rings. The molecule has 0 saturated carbocycles. The first kappa shape index (κ1) is 19.4. The lowest BCUT2D eigenvalue weighted by Gasteiger charge is -2.20. The number of aromatic nitrogens is 1. The molecule has 136 valence electrons. The highest BCUT2D eigenvalue weighted by Gasteiger charge is 2.29. The molecule has 2 atom stereocenters. The molecule has 1 saturated heterocycles. The molecule has 7 heteroatoms. The zero-order valence-corrected chi connectivity index (χ0v) is 15.0. The van der Waals surface area contributed by atoms with Gasteiger partial charge >= 0.3 is 0 Å². The second-order valence-corrected chi connectivity index (χ2v) is 6.26. The van der Waals surface area contributed by atoms with E-state index in [9.17, 15) is 9.90 Å². The fourth-order valence-electron chi connectivity index (χ4n) is 2.95. The van der Waals surface area contributed by atoms with E-state index in [1.807, 2.05) is 36.4 Å². The van der Waals surface area contributed by atoms with Crippen molar-refractivity contribution in [2.24, 2.45) is 0 Å². The van der Waals surface area contributed by atoms with Gasteiger partial charge < -0.3 is 19.8 Å². The average molecular weight is 366 g/mol. The van der Waals surface area contributed by atoms with Crippen LogP contribution in [-0.2, 0) is 11.2 Å². The van der Waals surface area contributed by atoms with Crippen molar-refractivity contribution < 1.29 is 14.4 Å². The lowest BCUT2D eigenvalue weighted by atomic mass is 10.1. The molecule has 1 aromatic heterocycles. The van der Waals surface area contributed by atoms with Gasteiger partial charge in [-0.3, -0.25) is 4.79 Å². The van der Waals surface area contributed by atoms with Crippen LogP contribution in [0, 0.1) is 0 Å². The Balaban J connectivity index is 0.00000225. The summed E-state index contributed by atoms with van der Waals surface area (Å²) in [5.74, 6) is 0.859. The van der Waals surface area contributed by atoms with Crippen LogP contribution in [-0.4, -0.2) is 53.4 Å². The van der Waals surface area contributed by atoms with Crippen molar-refractivity contribution >= 4 is 18.3 Å². The van der Waals surface area contributed by atoms with E-state index in [-0.39, 0.29) is 24.4 Å². The molecule has 1 amide bonds. The van der Waals surface area contributed by atoms with E-state index in [1.165, 1.54) is 0 Å². The third kappa shape index (κ3) is 5.04. The van der Waals surface area contributed by atoms with Crippen LogP contribution in [0.1, 0.15) is 18.6 Å². The fraction of sp³-hybridized carbons (Fsp3) is 0.444. The molecule has 1 fully saturated rings. The Kier molecular flexibility index (Phi) is 6.99. The molecule has 1 aliphatic heterocycles. The number of aryl methyl sites for hydroxylation is 1. The molecule has 2 N–H and O–H groups in total. The molecule has 2 heterocycles. The molecule has 3 rings (SSSR count). The summed E-state index contributed by atoms with van der Waals surface area (Å²) in [6, 6.07) is 11.6. The van der Waals surface area contributed by atoms with Gasteiger partial charge in [0.25, 0.3) is 0 Å². The highest BCUT2D eigenvalue weighted by atomic mass is 35.5. The first-order valence-electron chi connectivity index (χ1n) is 8.31. The number of nitrogens with one attached hydrogen (secondary N) is 1. The molecule has 0 spiro atoms. The van der Waals surface area contributed by atoms with Gasteiger partial charge in [0.2, 0.25) is 5.91 Å². The van der Waals surface area contributed by atoms with Crippen molar-refractivity contribution in [3.05, 3.63) is 42.2 Å². The van der Waals surface area contributed by atoms with E-state index < -0.39 is 6.10 Å². The zero-order valence-electron chi connectivity index (χ0n) is 14.2. The number of hydrogen-bond acceptors (Lipinski definition) is 5. The molecule has 6 nitrogen and oxygen atoms in total. The summed E-state index contributed by atoms with van der Waals surface area (Å²) in [5.41, 5.74) is 1.87. The lowest BCUT2D eigenvalue weighted by Crippen LogP contribution is -2.42. The molecule has 0 aliphatic carbocycles. The van der Waals surface area contributed by atoms with Crippen molar-refractivity contribution in [1.29, 1.82) is 0 Å². The topological polar surface area (TPSA) is 78.6 Å². The van der Waals surface area contributed by atoms with E-state index in [0.29, 0.717) is 19.5 Å². The number of halogens is 1. The molecule has 1 aromatic carbocycles. The first-order chi connectivity index (χ1) is 11.6. The number of β-amino-alcohol motifs (C(OH)–C–C–N with tert-alkyl or cyclic N) is 1. The summed E-state index contributed by atoms with van der Waals surface area (Å²) < 4.78 is 5.38. The molecule has 0 bridgehead atoms. The van der Waals surface area contributed by atoms with Crippen LogP contribution < -0.4 is 5.32 Å². The highest BCUT2D eigenvalue weighted by Crippen LogP contribution is 2.19. The normalized spacial score (nSPS) is 19.4. The smallest absolute Gasteiger partial charge is 0.239 e. The second-order valence-electron chi connectivity index (χ2n) is 6.26. The van der Waals surface area contributed by atoms with Crippen LogP contribution in [0.15, 0.2) is 40.9 Å². The molecular weight excluding hydrogens is 342 g/mol. The Morgan fingerprint density at radius 1 is 1.40 bits per heavy atom. The van der Waals surface area contributed by atoms with Gasteiger partial charge in [0.15, 0.2) is 0 Å². The van der Waals surface area contributed by atoms with Gasteiger partial charge in [-0.2, -0.15) is 0 Å². The largest absolute Gasteiger partial charge is 0.392 e. The van der Waals surface area contributed by atoms with Crippen LogP contribution in [0.2, 0.25) is 0 Å². The standard InChI is InChI=1S/C18H23N3O3.ClH/c1-21(18(23)17-10-14(22)12-19-17)9-5-8-15-11-16(20-24-15)13-6-3-2-4-7-13;/h2-4,6-7,11,14,17,19,22H,5,8-10,12H2,1H3;1H. The maximum Gasteiger partial charge on any atom is 0.239 e. The lowest BCUT2D eigenvalue weighted by molar-refractivity contribution is -0.132. The Hall–Kier alpha value is -1.89. The van der Waals surface area contributed by atoms with E-state index in [0.717, 1.165) is 29.9 Å². The average Bonchev–Trinajstić information content (AvgIpc) is 3.24. The van der Waals surface area contributed by atoms with Gasteiger partial charge in [0, 0.05) is 38.2 Å². The first-order valence-corrected chi connectivity index (χ1v) is 8.31. The summed E-state index contributed by atoms with van der Waals surface area (Å²) >= 11 is 0. The number of likely N-dealkylation sites (N-methyl/N-ethyl adjacent to an activating group) is 1. The summed E-state index contributed by atoms with van der Waals surface area (Å²) in [4.78, 5) is 14.0. The van der Waals surface area contributed by atoms with Gasteiger partial charge in [-0.25, -0.2) is 0 Å². The van der Waals surface area contributed by atoms with Crippen molar-refractivity contribution in [2.75, 3.05) is 20.1 Å². The maximum atomic E-state index is 12.2. The molecule has 2 unspecified atom stereocenters. The Labute approximate surface area is 153 Å². The molecular formula is C18H24ClN3O3. The number of aliphatic hydroxyl groups is 1. The van der Waals surface area contributed by atoms with Crippen LogP contribution in [0.3, 0.4) is 0 Å². The van der Waals surface area contributed by atoms with Crippen LogP contribution in [0.25, 0.3) is 11.3 Å². The monoisotopic (exact) mass is 365 g/mol. The fourth-order valence-corrected chi connectivity index (χ4v) is 2.95. The van der Waals surface area contributed by atoms with Gasteiger partial charge in [0.1, 0.15) is 11.5 Å². The van der Waals surface area contributed by atoms with Gasteiger partial charge in [0.05, 0.1) is 12.1 Å². The van der Waals surface area contributed by atoms with Crippen molar-refractivity contribution in [2.45, 2.75) is 31.4 Å². The van der Waals surface area contributed by atoms with Crippen LogP contribution in [0.4, 0.5) is 0 Å². The summed E-state index contributed by atoms with van der Waals surface area (Å²) in [5, 5.41) is 16.6. The third-order valence-electron chi connectivity index (χ3n) is 4.33. The van der Waals surface area contributed by atoms with Gasteiger partial charge in [-0.15, -0.1) is 12.4 Å². The number of rotatable bonds is 6. The number of benzene rings is 1. The second kappa shape index (κ2) is 8.99. The predicted octanol–water partition coefficient (Wildman–Crippen LogP) is 1.88. The minimum absolute atomic E-state index is 0. The molecule has 1 aliphatic rings. The van der Waals surface area contributed by atoms with E-state index in [1.54, 1.807) is 11.9 Å². The maximum absolute atomic E-state index is 12.2. The van der Waals surface area contributed by atoms with Gasteiger partial charge in [-0.05, 0) is 12.8 Å². The van der Waals surface area contributed by atoms with E-state index in [2.05, 4.69) is 10.5 Å². The summed E-state index contributed by atoms with van der Waals surface area (Å²) in [6.07, 6.45) is 1.61. The summed E-state index contributed by atoms with van der Waals surface area (Å²) in [6.45, 7) is 1.14. The van der Waals surface area contributed by atoms with Crippen molar-refractivity contribution in [3.63, 3.8) is 0 Å². The van der Waals surface area contributed by atoms with Crippen LogP contribution >= 0.6 is 12.4 Å². The number of amides is 1. The van der Waals surface area contributed by atoms with Crippen molar-refractivity contribution in [3.8, 4) is 11.3 Å². The van der Waals surface area contributed by atoms with Crippen molar-refractivity contribution in [1.82, 2.24) is 15.4 Å². The third-order valence-corrected chi connectivity index (χ3v) is 4.33. The molecule has 0 radical (unpaired) electrons. The summed E-state index contributed by atoms with van der Waals surface area (Å²) in [7, 11) is 1.80. The number of aliphatic hydroxyl groups excluding tert-OH is 1. The number of hydrogen-bond donors (Lipinski definition) is 2. The molecule has 25 heavy (non-hydrogen) atoms. The van der Waals surface area contributed by atoms with E-state index >= 15 is 0 Å². The Bertz CT molecular complexity index is 677. The number of nitrogens with zero attached hydrogens (tertiary/aromatic N) is 2. The van der Waals surface area contributed by atoms with E-state index in [4.69, 9.17) is 4.52 Å². The Morgan fingerprint density at radius 3 is 2.84 bits per heavy atom.